The number of hydrogen-bond acceptors (Lipinski definition) is 3. The van der Waals surface area contributed by atoms with Gasteiger partial charge in [-0.2, -0.15) is 13.2 Å². The van der Waals surface area contributed by atoms with E-state index in [2.05, 4.69) is 5.43 Å². The molecule has 102 valence electrons. The maximum atomic E-state index is 12.4. The van der Waals surface area contributed by atoms with E-state index >= 15 is 0 Å². The van der Waals surface area contributed by atoms with Crippen LogP contribution in [0.3, 0.4) is 0 Å². The lowest BCUT2D eigenvalue weighted by atomic mass is 10.1. The number of carboxylic acid groups (broad SMARTS) is 1. The molecule has 2 N–H and O–H groups in total. The molecule has 1 unspecified atom stereocenters. The second kappa shape index (κ2) is 4.58. The van der Waals surface area contributed by atoms with Crippen molar-refractivity contribution >= 4 is 11.7 Å². The Hall–Kier alpha value is -2.02. The zero-order chi connectivity index (χ0) is 14.2. The van der Waals surface area contributed by atoms with E-state index in [0.717, 1.165) is 12.1 Å². The van der Waals surface area contributed by atoms with E-state index in [1.54, 1.807) is 7.05 Å². The topological polar surface area (TPSA) is 52.6 Å². The number of carboxylic acids is 1. The number of benzene rings is 1. The van der Waals surface area contributed by atoms with Crippen molar-refractivity contribution < 1.29 is 23.1 Å². The van der Waals surface area contributed by atoms with Crippen LogP contribution in [0.5, 0.6) is 0 Å². The number of nitrogens with zero attached hydrogens (tertiary/aromatic N) is 1. The van der Waals surface area contributed by atoms with E-state index in [1.807, 2.05) is 0 Å². The summed E-state index contributed by atoms with van der Waals surface area (Å²) in [4.78, 5) is 10.8. The van der Waals surface area contributed by atoms with Gasteiger partial charge in [0.1, 0.15) is 6.04 Å². The lowest BCUT2D eigenvalue weighted by molar-refractivity contribution is -0.139. The third-order valence-corrected chi connectivity index (χ3v) is 2.79. The number of rotatable bonds is 2. The van der Waals surface area contributed by atoms with E-state index < -0.39 is 23.8 Å². The predicted molar refractivity (Wildman–Crippen MR) is 61.7 cm³/mol. The van der Waals surface area contributed by atoms with Crippen molar-refractivity contribution in [3.05, 3.63) is 41.5 Å². The largest absolute Gasteiger partial charge is 0.480 e. The quantitative estimate of drug-likeness (QED) is 0.864. The highest BCUT2D eigenvalue weighted by molar-refractivity contribution is 5.81. The molecule has 1 aromatic carbocycles. The van der Waals surface area contributed by atoms with Gasteiger partial charge in [0, 0.05) is 7.05 Å². The average Bonchev–Trinajstić information content (AvgIpc) is 2.70. The van der Waals surface area contributed by atoms with E-state index in [0.29, 0.717) is 11.3 Å². The number of alkyl halides is 3. The van der Waals surface area contributed by atoms with Gasteiger partial charge in [-0.3, -0.25) is 4.79 Å². The third kappa shape index (κ3) is 2.70. The highest BCUT2D eigenvalue weighted by Crippen LogP contribution is 2.31. The van der Waals surface area contributed by atoms with Crippen molar-refractivity contribution in [2.75, 3.05) is 7.05 Å². The molecule has 4 nitrogen and oxygen atoms in total. The van der Waals surface area contributed by atoms with E-state index in [4.69, 9.17) is 5.11 Å². The van der Waals surface area contributed by atoms with Gasteiger partial charge in [0.15, 0.2) is 0 Å². The smallest absolute Gasteiger partial charge is 0.416 e. The monoisotopic (exact) mass is 272 g/mol. The molecule has 1 aromatic rings. The molecule has 2 rings (SSSR count). The first-order chi connectivity index (χ1) is 8.79. The minimum Gasteiger partial charge on any atom is -0.480 e. The zero-order valence-corrected chi connectivity index (χ0v) is 9.90. The molecule has 0 aromatic heterocycles. The summed E-state index contributed by atoms with van der Waals surface area (Å²) in [5, 5.41) is 10.3. The summed E-state index contributed by atoms with van der Waals surface area (Å²) in [6.45, 7) is 0. The number of aliphatic carboxylic acids is 1. The number of carbonyl (C=O) groups is 1. The maximum Gasteiger partial charge on any atom is 0.416 e. The highest BCUT2D eigenvalue weighted by Gasteiger charge is 2.31. The minimum atomic E-state index is -4.38. The fourth-order valence-corrected chi connectivity index (χ4v) is 1.83. The predicted octanol–water partition coefficient (Wildman–Crippen LogP) is 1.95. The van der Waals surface area contributed by atoms with Crippen LogP contribution in [0.4, 0.5) is 13.2 Å². The van der Waals surface area contributed by atoms with Crippen LogP contribution in [-0.4, -0.2) is 29.2 Å². The molecule has 0 saturated carbocycles. The Labute approximate surface area is 107 Å². The Kier molecular flexibility index (Phi) is 3.23. The molecule has 0 fully saturated rings. The fraction of sp³-hybridized carbons (Fsp3) is 0.250. The first-order valence-corrected chi connectivity index (χ1v) is 5.41. The number of nitrogens with one attached hydrogen (secondary N) is 1. The Balaban J connectivity index is 2.28. The summed E-state index contributed by atoms with van der Waals surface area (Å²) < 4.78 is 37.3. The van der Waals surface area contributed by atoms with Gasteiger partial charge in [0.25, 0.3) is 0 Å². The van der Waals surface area contributed by atoms with Gasteiger partial charge >= 0.3 is 12.1 Å². The van der Waals surface area contributed by atoms with Gasteiger partial charge in [-0.05, 0) is 23.8 Å². The standard InChI is InChI=1S/C12H11F3N2O2/c1-17-10(6-9(16-17)11(18)19)7-2-4-8(5-3-7)12(13,14)15/h2-6,9,16H,1H3,(H,18,19). The van der Waals surface area contributed by atoms with Crippen molar-refractivity contribution in [2.45, 2.75) is 12.2 Å². The molecule has 0 bridgehead atoms. The average molecular weight is 272 g/mol. The van der Waals surface area contributed by atoms with Crippen molar-refractivity contribution in [3.63, 3.8) is 0 Å². The summed E-state index contributed by atoms with van der Waals surface area (Å²) in [5.41, 5.74) is 2.98. The molecule has 0 spiro atoms. The van der Waals surface area contributed by atoms with Crippen LogP contribution in [0.2, 0.25) is 0 Å². The van der Waals surface area contributed by atoms with Gasteiger partial charge in [-0.15, -0.1) is 0 Å². The molecule has 1 atom stereocenters. The summed E-state index contributed by atoms with van der Waals surface area (Å²) in [7, 11) is 1.60. The van der Waals surface area contributed by atoms with Crippen LogP contribution in [0.15, 0.2) is 30.3 Å². The molecule has 0 aliphatic carbocycles. The van der Waals surface area contributed by atoms with E-state index in [9.17, 15) is 18.0 Å². The number of halogens is 3. The van der Waals surface area contributed by atoms with Crippen molar-refractivity contribution in [2.24, 2.45) is 0 Å². The van der Waals surface area contributed by atoms with Gasteiger partial charge in [-0.25, -0.2) is 5.43 Å². The lowest BCUT2D eigenvalue weighted by Gasteiger charge is -2.18. The third-order valence-electron chi connectivity index (χ3n) is 2.79. The van der Waals surface area contributed by atoms with Crippen LogP contribution in [-0.2, 0) is 11.0 Å². The molecule has 1 heterocycles. The molecule has 7 heteroatoms. The van der Waals surface area contributed by atoms with Gasteiger partial charge < -0.3 is 10.1 Å². The second-order valence-corrected chi connectivity index (χ2v) is 4.13. The van der Waals surface area contributed by atoms with Gasteiger partial charge in [0.2, 0.25) is 0 Å². The normalized spacial score (nSPS) is 19.5. The fourth-order valence-electron chi connectivity index (χ4n) is 1.83. The van der Waals surface area contributed by atoms with E-state index in [1.165, 1.54) is 23.2 Å². The van der Waals surface area contributed by atoms with Crippen molar-refractivity contribution in [3.8, 4) is 0 Å². The van der Waals surface area contributed by atoms with Crippen LogP contribution in [0, 0.1) is 0 Å². The van der Waals surface area contributed by atoms with Gasteiger partial charge in [0.05, 0.1) is 11.3 Å². The Morgan fingerprint density at radius 2 is 1.89 bits per heavy atom. The summed E-state index contributed by atoms with van der Waals surface area (Å²) in [6.07, 6.45) is -2.93. The van der Waals surface area contributed by atoms with Crippen LogP contribution >= 0.6 is 0 Å². The molecule has 0 saturated heterocycles. The van der Waals surface area contributed by atoms with Crippen molar-refractivity contribution in [1.82, 2.24) is 10.4 Å². The maximum absolute atomic E-state index is 12.4. The van der Waals surface area contributed by atoms with Crippen LogP contribution in [0.25, 0.3) is 5.70 Å². The first-order valence-electron chi connectivity index (χ1n) is 5.41. The summed E-state index contributed by atoms with van der Waals surface area (Å²) in [5.74, 6) is -1.05. The molecular weight excluding hydrogens is 261 g/mol. The Morgan fingerprint density at radius 3 is 2.32 bits per heavy atom. The molecule has 0 amide bonds. The molecule has 19 heavy (non-hydrogen) atoms. The second-order valence-electron chi connectivity index (χ2n) is 4.13. The Bertz CT molecular complexity index is 523. The highest BCUT2D eigenvalue weighted by atomic mass is 19.4. The van der Waals surface area contributed by atoms with Crippen molar-refractivity contribution in [1.29, 1.82) is 0 Å². The molecule has 1 aliphatic heterocycles. The molecule has 1 aliphatic rings. The van der Waals surface area contributed by atoms with Gasteiger partial charge in [-0.1, -0.05) is 12.1 Å². The number of hydrazine groups is 1. The summed E-state index contributed by atoms with van der Waals surface area (Å²) in [6, 6.07) is 3.70. The molecular formula is C12H11F3N2O2. The first kappa shape index (κ1) is 13.4. The van der Waals surface area contributed by atoms with E-state index in [-0.39, 0.29) is 0 Å². The van der Waals surface area contributed by atoms with Crippen LogP contribution < -0.4 is 5.43 Å². The Morgan fingerprint density at radius 1 is 1.32 bits per heavy atom. The lowest BCUT2D eigenvalue weighted by Crippen LogP contribution is -2.38. The molecule has 0 radical (unpaired) electrons. The minimum absolute atomic E-state index is 0.520. The van der Waals surface area contributed by atoms with Crippen LogP contribution in [0.1, 0.15) is 11.1 Å². The zero-order valence-electron chi connectivity index (χ0n) is 9.90. The SMILES string of the molecule is CN1NC(C(=O)O)C=C1c1ccc(C(F)(F)F)cc1. The summed E-state index contributed by atoms with van der Waals surface area (Å²) >= 11 is 0. The number of hydrogen-bond donors (Lipinski definition) is 2.